The zero-order chi connectivity index (χ0) is 24.9. The monoisotopic (exact) mass is 488 g/mol. The molecule has 0 unspecified atom stereocenters. The molecule has 0 radical (unpaired) electrons. The van der Waals surface area contributed by atoms with Gasteiger partial charge in [0.25, 0.3) is 17.8 Å². The van der Waals surface area contributed by atoms with Crippen LogP contribution >= 0.6 is 0 Å². The van der Waals surface area contributed by atoms with Gasteiger partial charge in [0.1, 0.15) is 0 Å². The topological polar surface area (TPSA) is 101 Å². The van der Waals surface area contributed by atoms with E-state index in [2.05, 4.69) is 25.0 Å². The van der Waals surface area contributed by atoms with Crippen LogP contribution in [0, 0.1) is 6.92 Å². The largest absolute Gasteiger partial charge is 0.422 e. The van der Waals surface area contributed by atoms with Crippen LogP contribution in [0.15, 0.2) is 51.5 Å². The average Bonchev–Trinajstić information content (AvgIpc) is 3.54. The Hall–Kier alpha value is -3.75. The number of carbonyl (C=O) groups is 1. The summed E-state index contributed by atoms with van der Waals surface area (Å²) in [6.07, 6.45) is 9.15. The van der Waals surface area contributed by atoms with E-state index in [0.717, 1.165) is 58.0 Å². The Bertz CT molecular complexity index is 1280. The number of hydrogen-bond donors (Lipinski definition) is 0. The summed E-state index contributed by atoms with van der Waals surface area (Å²) in [5.74, 6) is 1.00. The van der Waals surface area contributed by atoms with Crippen LogP contribution in [-0.4, -0.2) is 57.1 Å². The molecule has 1 aromatic carbocycles. The third-order valence-corrected chi connectivity index (χ3v) is 6.81. The molecule has 1 atom stereocenters. The molecule has 4 aromatic rings. The summed E-state index contributed by atoms with van der Waals surface area (Å²) in [4.78, 5) is 30.8. The molecular weight excluding hydrogens is 456 g/mol. The Labute approximate surface area is 210 Å². The zero-order valence-corrected chi connectivity index (χ0v) is 20.9. The van der Waals surface area contributed by atoms with Crippen LogP contribution in [0.1, 0.15) is 61.1 Å². The van der Waals surface area contributed by atoms with Crippen LogP contribution in [0.3, 0.4) is 0 Å². The SMILES string of the molecule is Cc1noc(-c2ccccc2C(=O)N2CCCC[C@@H]2CCCCCN(C)c2nc3ncccc3o2)n1. The molecule has 1 aliphatic rings. The number of anilines is 1. The van der Waals surface area contributed by atoms with Crippen molar-refractivity contribution in [3.63, 3.8) is 0 Å². The van der Waals surface area contributed by atoms with E-state index in [1.54, 1.807) is 13.1 Å². The second kappa shape index (κ2) is 10.9. The lowest BCUT2D eigenvalue weighted by Gasteiger charge is -2.36. The summed E-state index contributed by atoms with van der Waals surface area (Å²) in [7, 11) is 1.99. The minimum absolute atomic E-state index is 0.0513. The third kappa shape index (κ3) is 5.24. The van der Waals surface area contributed by atoms with Gasteiger partial charge in [-0.3, -0.25) is 4.79 Å². The van der Waals surface area contributed by atoms with Crippen molar-refractivity contribution in [2.45, 2.75) is 57.9 Å². The van der Waals surface area contributed by atoms with Crippen molar-refractivity contribution in [3.05, 3.63) is 54.0 Å². The van der Waals surface area contributed by atoms with Crippen LogP contribution in [0.5, 0.6) is 0 Å². The highest BCUT2D eigenvalue weighted by atomic mass is 16.5. The molecule has 1 aliphatic heterocycles. The highest BCUT2D eigenvalue weighted by molar-refractivity contribution is 6.00. The number of likely N-dealkylation sites (tertiary alicyclic amines) is 1. The van der Waals surface area contributed by atoms with E-state index >= 15 is 0 Å². The van der Waals surface area contributed by atoms with Gasteiger partial charge in [-0.2, -0.15) is 9.97 Å². The van der Waals surface area contributed by atoms with E-state index in [0.29, 0.717) is 40.1 Å². The van der Waals surface area contributed by atoms with Crippen LogP contribution in [-0.2, 0) is 0 Å². The van der Waals surface area contributed by atoms with Gasteiger partial charge in [-0.15, -0.1) is 0 Å². The van der Waals surface area contributed by atoms with E-state index in [1.807, 2.05) is 48.3 Å². The molecule has 0 spiro atoms. The molecule has 1 amide bonds. The molecule has 9 nitrogen and oxygen atoms in total. The first kappa shape index (κ1) is 24.0. The normalized spacial score (nSPS) is 15.9. The molecule has 1 saturated heterocycles. The maximum atomic E-state index is 13.6. The number of fused-ring (bicyclic) bond motifs is 1. The number of oxazole rings is 1. The van der Waals surface area contributed by atoms with Gasteiger partial charge in [0.05, 0.1) is 11.1 Å². The van der Waals surface area contributed by atoms with Crippen molar-refractivity contribution in [2.75, 3.05) is 25.0 Å². The number of benzene rings is 1. The van der Waals surface area contributed by atoms with Gasteiger partial charge < -0.3 is 18.7 Å². The molecule has 36 heavy (non-hydrogen) atoms. The van der Waals surface area contributed by atoms with Gasteiger partial charge in [0.2, 0.25) is 5.65 Å². The number of amides is 1. The summed E-state index contributed by atoms with van der Waals surface area (Å²) in [6.45, 7) is 3.42. The summed E-state index contributed by atoms with van der Waals surface area (Å²) in [5, 5.41) is 3.89. The first-order valence-corrected chi connectivity index (χ1v) is 12.7. The first-order valence-electron chi connectivity index (χ1n) is 12.7. The average molecular weight is 489 g/mol. The van der Waals surface area contributed by atoms with Crippen molar-refractivity contribution < 1.29 is 13.7 Å². The number of rotatable bonds is 9. The maximum Gasteiger partial charge on any atom is 0.299 e. The standard InChI is InChI=1S/C27H32N6O3/c1-19-29-25(36-31-19)21-13-5-6-14-22(21)26(34)33-18-9-7-12-20(33)11-4-3-8-17-32(2)27-30-24-23(35-27)15-10-16-28-24/h5-6,10,13-16,20H,3-4,7-9,11-12,17-18H2,1-2H3/t20-/m0/s1. The molecule has 0 N–H and O–H groups in total. The Morgan fingerprint density at radius 2 is 2.00 bits per heavy atom. The fourth-order valence-electron chi connectivity index (χ4n) is 4.91. The predicted molar refractivity (Wildman–Crippen MR) is 137 cm³/mol. The van der Waals surface area contributed by atoms with Crippen LogP contribution in [0.25, 0.3) is 22.7 Å². The van der Waals surface area contributed by atoms with Crippen molar-refractivity contribution in [3.8, 4) is 11.5 Å². The molecule has 0 bridgehead atoms. The molecule has 0 aliphatic carbocycles. The van der Waals surface area contributed by atoms with Crippen LogP contribution < -0.4 is 4.90 Å². The third-order valence-electron chi connectivity index (χ3n) is 6.81. The van der Waals surface area contributed by atoms with E-state index in [9.17, 15) is 4.79 Å². The molecule has 3 aromatic heterocycles. The molecule has 9 heteroatoms. The van der Waals surface area contributed by atoms with Crippen molar-refractivity contribution in [2.24, 2.45) is 0 Å². The van der Waals surface area contributed by atoms with E-state index < -0.39 is 0 Å². The lowest BCUT2D eigenvalue weighted by atomic mass is 9.95. The predicted octanol–water partition coefficient (Wildman–Crippen LogP) is 5.27. The van der Waals surface area contributed by atoms with E-state index in [1.165, 1.54) is 0 Å². The number of aromatic nitrogens is 4. The number of carbonyl (C=O) groups excluding carboxylic acids is 1. The minimum atomic E-state index is 0.0513. The lowest BCUT2D eigenvalue weighted by Crippen LogP contribution is -2.43. The van der Waals surface area contributed by atoms with Crippen LogP contribution in [0.2, 0.25) is 0 Å². The Morgan fingerprint density at radius 3 is 2.83 bits per heavy atom. The van der Waals surface area contributed by atoms with Gasteiger partial charge in [-0.1, -0.05) is 30.1 Å². The number of hydrogen-bond acceptors (Lipinski definition) is 8. The maximum absolute atomic E-state index is 13.6. The number of nitrogens with zero attached hydrogens (tertiary/aromatic N) is 6. The van der Waals surface area contributed by atoms with Gasteiger partial charge in [-0.05, 0) is 63.3 Å². The fraction of sp³-hybridized carbons (Fsp3) is 0.444. The van der Waals surface area contributed by atoms with Crippen molar-refractivity contribution >= 4 is 23.2 Å². The van der Waals surface area contributed by atoms with Gasteiger partial charge >= 0.3 is 0 Å². The molecule has 188 valence electrons. The minimum Gasteiger partial charge on any atom is -0.422 e. The van der Waals surface area contributed by atoms with E-state index in [4.69, 9.17) is 8.94 Å². The van der Waals surface area contributed by atoms with Crippen LogP contribution in [0.4, 0.5) is 6.01 Å². The highest BCUT2D eigenvalue weighted by Crippen LogP contribution is 2.28. The molecule has 1 fully saturated rings. The quantitative estimate of drug-likeness (QED) is 0.294. The first-order chi connectivity index (χ1) is 17.6. The molecule has 5 rings (SSSR count). The smallest absolute Gasteiger partial charge is 0.299 e. The summed E-state index contributed by atoms with van der Waals surface area (Å²) < 4.78 is 11.2. The molecule has 4 heterocycles. The Kier molecular flexibility index (Phi) is 7.25. The van der Waals surface area contributed by atoms with Crippen molar-refractivity contribution in [1.82, 2.24) is 25.0 Å². The second-order valence-electron chi connectivity index (χ2n) is 9.43. The Balaban J connectivity index is 1.16. The number of pyridine rings is 1. The summed E-state index contributed by atoms with van der Waals surface area (Å²) in [5.41, 5.74) is 2.67. The number of piperidine rings is 1. The van der Waals surface area contributed by atoms with E-state index in [-0.39, 0.29) is 11.9 Å². The lowest BCUT2D eigenvalue weighted by molar-refractivity contribution is 0.0598. The molecular formula is C27H32N6O3. The zero-order valence-electron chi connectivity index (χ0n) is 20.9. The van der Waals surface area contributed by atoms with Gasteiger partial charge in [0.15, 0.2) is 11.4 Å². The summed E-state index contributed by atoms with van der Waals surface area (Å²) >= 11 is 0. The van der Waals surface area contributed by atoms with Crippen molar-refractivity contribution in [1.29, 1.82) is 0 Å². The van der Waals surface area contributed by atoms with Gasteiger partial charge in [0, 0.05) is 32.4 Å². The highest BCUT2D eigenvalue weighted by Gasteiger charge is 2.29. The number of unbranched alkanes of at least 4 members (excludes halogenated alkanes) is 2. The Morgan fingerprint density at radius 1 is 1.11 bits per heavy atom. The summed E-state index contributed by atoms with van der Waals surface area (Å²) in [6, 6.07) is 12.1. The number of aryl methyl sites for hydroxylation is 1. The van der Waals surface area contributed by atoms with Gasteiger partial charge in [-0.25, -0.2) is 4.98 Å². The fourth-order valence-corrected chi connectivity index (χ4v) is 4.91. The molecule has 0 saturated carbocycles. The second-order valence-corrected chi connectivity index (χ2v) is 9.43.